The third kappa shape index (κ3) is 9.46. The Morgan fingerprint density at radius 2 is 1.79 bits per heavy atom. The zero-order valence-electron chi connectivity index (χ0n) is 25.9. The lowest BCUT2D eigenvalue weighted by molar-refractivity contribution is -0.146. The van der Waals surface area contributed by atoms with E-state index in [1.807, 2.05) is 26.0 Å². The Morgan fingerprint density at radius 3 is 2.44 bits per heavy atom. The Bertz CT molecular complexity index is 1090. The van der Waals surface area contributed by atoms with Gasteiger partial charge >= 0.3 is 5.97 Å². The molecule has 0 unspecified atom stereocenters. The third-order valence-corrected chi connectivity index (χ3v) is 8.82. The number of rotatable bonds is 11. The van der Waals surface area contributed by atoms with E-state index in [1.54, 1.807) is 13.0 Å². The van der Waals surface area contributed by atoms with Gasteiger partial charge in [0.1, 0.15) is 23.9 Å². The first-order chi connectivity index (χ1) is 20.3. The minimum Gasteiger partial charge on any atom is -0.459 e. The van der Waals surface area contributed by atoms with Crippen LogP contribution in [0.4, 0.5) is 0 Å². The molecule has 3 heterocycles. The van der Waals surface area contributed by atoms with E-state index in [-0.39, 0.29) is 60.7 Å². The number of aliphatic hydroxyl groups excluding tert-OH is 2. The molecule has 1 aliphatic carbocycles. The third-order valence-electron chi connectivity index (χ3n) is 8.82. The fourth-order valence-corrected chi connectivity index (χ4v) is 6.09. The lowest BCUT2D eigenvalue weighted by atomic mass is 9.86. The molecule has 4 N–H and O–H groups in total. The molecule has 0 aromatic heterocycles. The smallest absolute Gasteiger partial charge is 0.303 e. The van der Waals surface area contributed by atoms with Crippen LogP contribution in [0.15, 0.2) is 36.0 Å². The van der Waals surface area contributed by atoms with Crippen LogP contribution in [-0.2, 0) is 33.3 Å². The Morgan fingerprint density at radius 1 is 1.07 bits per heavy atom. The van der Waals surface area contributed by atoms with Gasteiger partial charge in [0.05, 0.1) is 43.5 Å². The topological polar surface area (TPSA) is 156 Å². The highest BCUT2D eigenvalue weighted by molar-refractivity contribution is 5.87. The highest BCUT2D eigenvalue weighted by Gasteiger charge is 2.58. The van der Waals surface area contributed by atoms with E-state index in [4.69, 9.17) is 18.9 Å². The molecule has 4 aliphatic rings. The summed E-state index contributed by atoms with van der Waals surface area (Å²) in [7, 11) is 0. The van der Waals surface area contributed by atoms with Gasteiger partial charge < -0.3 is 39.8 Å². The molecule has 0 aromatic rings. The van der Waals surface area contributed by atoms with Crippen LogP contribution in [0.5, 0.6) is 0 Å². The van der Waals surface area contributed by atoms with Crippen LogP contribution >= 0.6 is 0 Å². The average molecular weight is 605 g/mol. The number of ether oxygens (including phenoxy) is 4. The molecule has 2 amide bonds. The van der Waals surface area contributed by atoms with Crippen LogP contribution in [0.2, 0.25) is 0 Å². The number of aliphatic hydroxyl groups is 2. The molecule has 0 bridgehead atoms. The normalized spacial score (nSPS) is 38.5. The number of amides is 2. The molecule has 240 valence electrons. The Kier molecular flexibility index (Phi) is 11.2. The first-order valence-electron chi connectivity index (χ1n) is 15.4. The summed E-state index contributed by atoms with van der Waals surface area (Å²) in [6, 6.07) is -0.115. The molecule has 11 heteroatoms. The summed E-state index contributed by atoms with van der Waals surface area (Å²) in [5.74, 6) is -0.554. The molecular formula is C32H48N2O9. The maximum atomic E-state index is 12.5. The average Bonchev–Trinajstić information content (AvgIpc) is 3.68. The molecule has 11 nitrogen and oxygen atoms in total. The van der Waals surface area contributed by atoms with Gasteiger partial charge in [0.25, 0.3) is 0 Å². The van der Waals surface area contributed by atoms with Crippen LogP contribution < -0.4 is 10.6 Å². The van der Waals surface area contributed by atoms with Gasteiger partial charge in [0.2, 0.25) is 11.8 Å². The van der Waals surface area contributed by atoms with Crippen LogP contribution in [0.3, 0.4) is 0 Å². The zero-order chi connectivity index (χ0) is 31.3. The number of nitrogens with one attached hydrogen (secondary N) is 2. The van der Waals surface area contributed by atoms with E-state index in [1.165, 1.54) is 13.0 Å². The standard InChI is InChI=1S/C32H48N2O9/c1-18(6-9-27-19(2)12-26(21(4)42-27)34-29(37)11-8-20(3)41-22(5)35)7-10-28-31(39)32(17-40-32)16-25(43-28)15-30(38)33-23-13-24(36)14-23/h6-8,10-11,19-21,23-28,31,36,39H,9,12-17H2,1-5H3,(H,33,38)(H,34,37)/t19-,20-,21+,23?,24?,25+,26+,27-,28+,31+,32+/m0/s1. The maximum absolute atomic E-state index is 12.5. The van der Waals surface area contributed by atoms with E-state index >= 15 is 0 Å². The van der Waals surface area contributed by atoms with Gasteiger partial charge in [-0.3, -0.25) is 14.4 Å². The van der Waals surface area contributed by atoms with Gasteiger partial charge in [-0.25, -0.2) is 0 Å². The molecule has 9 atom stereocenters. The van der Waals surface area contributed by atoms with Crippen molar-refractivity contribution in [1.29, 1.82) is 0 Å². The highest BCUT2D eigenvalue weighted by Crippen LogP contribution is 2.43. The van der Waals surface area contributed by atoms with Gasteiger partial charge in [-0.05, 0) is 58.4 Å². The van der Waals surface area contributed by atoms with E-state index < -0.39 is 29.9 Å². The van der Waals surface area contributed by atoms with Crippen molar-refractivity contribution in [3.8, 4) is 0 Å². The number of carbonyl (C=O) groups excluding carboxylic acids is 3. The SMILES string of the molecule is CC(=O)O[C@@H](C)C=CC(=O)N[C@@H]1C[C@H](C)[C@H](CC=C(C)C=C[C@H]2O[C@H](CC(=O)NC3CC(O)C3)C[C@@]3(CO3)[C@@H]2O)O[C@@H]1C. The van der Waals surface area contributed by atoms with E-state index in [9.17, 15) is 24.6 Å². The van der Waals surface area contributed by atoms with Crippen molar-refractivity contribution in [3.05, 3.63) is 36.0 Å². The van der Waals surface area contributed by atoms with E-state index in [2.05, 4.69) is 23.6 Å². The lowest BCUT2D eigenvalue weighted by Gasteiger charge is -2.39. The van der Waals surface area contributed by atoms with Gasteiger partial charge in [-0.1, -0.05) is 30.7 Å². The molecule has 0 radical (unpaired) electrons. The molecule has 4 rings (SSSR count). The number of esters is 1. The van der Waals surface area contributed by atoms with Crippen molar-refractivity contribution >= 4 is 17.8 Å². The second kappa shape index (κ2) is 14.5. The minimum absolute atomic E-state index is 0.00893. The Hall–Kier alpha value is -2.57. The summed E-state index contributed by atoms with van der Waals surface area (Å²) in [5, 5.41) is 26.3. The summed E-state index contributed by atoms with van der Waals surface area (Å²) < 4.78 is 23.0. The van der Waals surface area contributed by atoms with Crippen LogP contribution in [0, 0.1) is 5.92 Å². The summed E-state index contributed by atoms with van der Waals surface area (Å²) in [4.78, 5) is 35.9. The summed E-state index contributed by atoms with van der Waals surface area (Å²) in [6.45, 7) is 9.51. The first kappa shape index (κ1) is 33.3. The molecule has 43 heavy (non-hydrogen) atoms. The molecule has 0 aromatic carbocycles. The molecular weight excluding hydrogens is 556 g/mol. The van der Waals surface area contributed by atoms with Gasteiger partial charge in [-0.2, -0.15) is 0 Å². The predicted molar refractivity (Wildman–Crippen MR) is 158 cm³/mol. The highest BCUT2D eigenvalue weighted by atomic mass is 16.6. The Labute approximate surface area is 254 Å². The molecule has 3 saturated heterocycles. The van der Waals surface area contributed by atoms with Crippen molar-refractivity contribution in [2.75, 3.05) is 6.61 Å². The quantitative estimate of drug-likeness (QED) is 0.120. The summed E-state index contributed by atoms with van der Waals surface area (Å²) >= 11 is 0. The van der Waals surface area contributed by atoms with Crippen LogP contribution in [0.25, 0.3) is 0 Å². The molecule has 4 fully saturated rings. The summed E-state index contributed by atoms with van der Waals surface area (Å²) in [6.07, 6.45) is 9.31. The van der Waals surface area contributed by atoms with Crippen LogP contribution in [0.1, 0.15) is 73.1 Å². The second-order valence-electron chi connectivity index (χ2n) is 12.7. The lowest BCUT2D eigenvalue weighted by Crippen LogP contribution is -2.52. The largest absolute Gasteiger partial charge is 0.459 e. The van der Waals surface area contributed by atoms with Gasteiger partial charge in [0.15, 0.2) is 0 Å². The molecule has 1 spiro atoms. The predicted octanol–water partition coefficient (Wildman–Crippen LogP) is 2.00. The van der Waals surface area contributed by atoms with Crippen molar-refractivity contribution in [2.45, 2.75) is 134 Å². The Balaban J connectivity index is 1.24. The fraction of sp³-hybridized carbons (Fsp3) is 0.719. The number of hydrogen-bond acceptors (Lipinski definition) is 9. The van der Waals surface area contributed by atoms with E-state index in [0.717, 1.165) is 12.0 Å². The van der Waals surface area contributed by atoms with Crippen molar-refractivity contribution < 1.29 is 43.5 Å². The number of hydrogen-bond donors (Lipinski definition) is 4. The fourth-order valence-electron chi connectivity index (χ4n) is 6.09. The van der Waals surface area contributed by atoms with Gasteiger partial charge in [0, 0.05) is 25.5 Å². The summed E-state index contributed by atoms with van der Waals surface area (Å²) in [5.41, 5.74) is 0.336. The van der Waals surface area contributed by atoms with Crippen molar-refractivity contribution in [1.82, 2.24) is 10.6 Å². The molecule has 1 saturated carbocycles. The zero-order valence-corrected chi connectivity index (χ0v) is 25.9. The second-order valence-corrected chi connectivity index (χ2v) is 12.7. The van der Waals surface area contributed by atoms with Crippen LogP contribution in [-0.4, -0.2) is 95.0 Å². The van der Waals surface area contributed by atoms with Gasteiger partial charge in [-0.15, -0.1) is 0 Å². The van der Waals surface area contributed by atoms with Crippen molar-refractivity contribution in [2.24, 2.45) is 5.92 Å². The number of epoxide rings is 1. The van der Waals surface area contributed by atoms with E-state index in [0.29, 0.717) is 32.3 Å². The molecule has 3 aliphatic heterocycles. The maximum Gasteiger partial charge on any atom is 0.303 e. The number of carbonyl (C=O) groups is 3. The monoisotopic (exact) mass is 604 g/mol. The first-order valence-corrected chi connectivity index (χ1v) is 15.4. The minimum atomic E-state index is -0.813. The van der Waals surface area contributed by atoms with Crippen molar-refractivity contribution in [3.63, 3.8) is 0 Å². The number of allylic oxidation sites excluding steroid dienone is 2.